The minimum atomic E-state index is -1.73. The molecule has 4 nitrogen and oxygen atoms in total. The molecule has 0 saturated heterocycles. The van der Waals surface area contributed by atoms with Gasteiger partial charge in [0.25, 0.3) is 0 Å². The first-order valence-electron chi connectivity index (χ1n) is 3.08. The molecule has 0 atom stereocenters. The second kappa shape index (κ2) is 6.20. The molecule has 0 radical (unpaired) electrons. The van der Waals surface area contributed by atoms with Crippen molar-refractivity contribution in [3.8, 4) is 0 Å². The molecule has 0 heterocycles. The van der Waals surface area contributed by atoms with Crippen LogP contribution in [0.5, 0.6) is 0 Å². The zero-order valence-electron chi connectivity index (χ0n) is 8.58. The average Bonchev–Trinajstić information content (AvgIpc) is 1.59. The summed E-state index contributed by atoms with van der Waals surface area (Å²) in [6, 6.07) is 0. The van der Waals surface area contributed by atoms with Gasteiger partial charge in [0.15, 0.2) is 5.79 Å². The zero-order chi connectivity index (χ0) is 8.20. The normalized spacial score (nSPS) is 10.5. The minimum absolute atomic E-state index is 0. The Bertz CT molecular complexity index is 126. The fraction of sp³-hybridized carbons (Fsp3) is 0.833. The Morgan fingerprint density at radius 2 is 2.00 bits per heavy atom. The van der Waals surface area contributed by atoms with E-state index < -0.39 is 11.8 Å². The van der Waals surface area contributed by atoms with Crippen molar-refractivity contribution in [1.82, 2.24) is 0 Å². The summed E-state index contributed by atoms with van der Waals surface area (Å²) >= 11 is 0. The molecular weight excluding hydrogens is 176 g/mol. The SMILES string of the molecule is CC(O)(O)CCCC(=O)O.[Ca+2].[H-].[H-]. The van der Waals surface area contributed by atoms with E-state index in [9.17, 15) is 4.79 Å². The van der Waals surface area contributed by atoms with Gasteiger partial charge in [-0.2, -0.15) is 0 Å². The molecule has 3 N–H and O–H groups in total. The molecule has 0 aromatic rings. The van der Waals surface area contributed by atoms with Gasteiger partial charge >= 0.3 is 43.7 Å². The molecule has 64 valence electrons. The molecule has 5 heteroatoms. The van der Waals surface area contributed by atoms with Crippen molar-refractivity contribution in [3.63, 3.8) is 0 Å². The Kier molecular flexibility index (Phi) is 7.99. The third-order valence-corrected chi connectivity index (χ3v) is 1.04. The van der Waals surface area contributed by atoms with Gasteiger partial charge < -0.3 is 18.2 Å². The summed E-state index contributed by atoms with van der Waals surface area (Å²) in [4.78, 5) is 9.92. The third kappa shape index (κ3) is 13.6. The number of aliphatic hydroxyl groups is 2. The maximum Gasteiger partial charge on any atom is 2.00 e. The number of carboxylic acids is 1. The van der Waals surface area contributed by atoms with Crippen LogP contribution in [0.15, 0.2) is 0 Å². The summed E-state index contributed by atoms with van der Waals surface area (Å²) in [6.45, 7) is 1.23. The Hall–Kier alpha value is 0.650. The Balaban J connectivity index is -0.000000135. The molecule has 0 saturated carbocycles. The zero-order valence-corrected chi connectivity index (χ0v) is 8.79. The van der Waals surface area contributed by atoms with Crippen molar-refractivity contribution >= 4 is 43.7 Å². The quantitative estimate of drug-likeness (QED) is 0.423. The Labute approximate surface area is 98.2 Å². The van der Waals surface area contributed by atoms with Crippen LogP contribution in [0, 0.1) is 0 Å². The van der Waals surface area contributed by atoms with Gasteiger partial charge in [0.1, 0.15) is 0 Å². The number of rotatable bonds is 4. The van der Waals surface area contributed by atoms with Gasteiger partial charge in [0, 0.05) is 12.8 Å². The van der Waals surface area contributed by atoms with Crippen molar-refractivity contribution in [2.24, 2.45) is 0 Å². The first kappa shape index (κ1) is 14.2. The molecule has 11 heavy (non-hydrogen) atoms. The van der Waals surface area contributed by atoms with Crippen LogP contribution in [0.4, 0.5) is 0 Å². The summed E-state index contributed by atoms with van der Waals surface area (Å²) in [7, 11) is 0. The molecular formula is C6H14CaO4. The van der Waals surface area contributed by atoms with E-state index in [1.807, 2.05) is 0 Å². The van der Waals surface area contributed by atoms with E-state index in [0.717, 1.165) is 0 Å². The predicted octanol–water partition coefficient (Wildman–Crippen LogP) is -0.214. The number of hydrogen-bond acceptors (Lipinski definition) is 3. The molecule has 0 amide bonds. The number of hydrogen-bond donors (Lipinski definition) is 3. The summed E-state index contributed by atoms with van der Waals surface area (Å²) in [5, 5.41) is 25.5. The number of carboxylic acid groups (broad SMARTS) is 1. The van der Waals surface area contributed by atoms with E-state index in [1.54, 1.807) is 0 Å². The van der Waals surface area contributed by atoms with E-state index in [1.165, 1.54) is 6.92 Å². The minimum Gasteiger partial charge on any atom is -1.00 e. The summed E-state index contributed by atoms with van der Waals surface area (Å²) in [6.07, 6.45) is 0.370. The molecule has 0 aromatic heterocycles. The summed E-state index contributed by atoms with van der Waals surface area (Å²) in [5.74, 6) is -2.64. The number of carbonyl (C=O) groups is 1. The molecule has 0 bridgehead atoms. The Morgan fingerprint density at radius 1 is 1.55 bits per heavy atom. The smallest absolute Gasteiger partial charge is 1.00 e. The second-order valence-electron chi connectivity index (χ2n) is 2.46. The second-order valence-corrected chi connectivity index (χ2v) is 2.46. The average molecular weight is 190 g/mol. The van der Waals surface area contributed by atoms with Crippen LogP contribution >= 0.6 is 0 Å². The van der Waals surface area contributed by atoms with Gasteiger partial charge in [0.05, 0.1) is 0 Å². The van der Waals surface area contributed by atoms with Gasteiger partial charge in [-0.15, -0.1) is 0 Å². The summed E-state index contributed by atoms with van der Waals surface area (Å²) in [5.41, 5.74) is 0. The molecule has 0 fully saturated rings. The molecule has 0 aliphatic heterocycles. The monoisotopic (exact) mass is 190 g/mol. The fourth-order valence-corrected chi connectivity index (χ4v) is 0.575. The molecule has 0 spiro atoms. The van der Waals surface area contributed by atoms with Crippen LogP contribution < -0.4 is 0 Å². The molecule has 0 aliphatic rings. The van der Waals surface area contributed by atoms with E-state index in [0.29, 0.717) is 6.42 Å². The Morgan fingerprint density at radius 3 is 2.27 bits per heavy atom. The van der Waals surface area contributed by atoms with Gasteiger partial charge in [0.2, 0.25) is 0 Å². The van der Waals surface area contributed by atoms with Crippen LogP contribution in [0.3, 0.4) is 0 Å². The van der Waals surface area contributed by atoms with Gasteiger partial charge in [-0.3, -0.25) is 4.79 Å². The molecule has 0 rings (SSSR count). The van der Waals surface area contributed by atoms with Crippen LogP contribution in [0.1, 0.15) is 29.0 Å². The molecule has 0 aromatic carbocycles. The maximum absolute atomic E-state index is 9.92. The largest absolute Gasteiger partial charge is 2.00 e. The van der Waals surface area contributed by atoms with Gasteiger partial charge in [-0.25, -0.2) is 0 Å². The third-order valence-electron chi connectivity index (χ3n) is 1.04. The van der Waals surface area contributed by atoms with Crippen LogP contribution in [0.25, 0.3) is 0 Å². The van der Waals surface area contributed by atoms with Gasteiger partial charge in [-0.05, 0) is 13.3 Å². The van der Waals surface area contributed by atoms with Gasteiger partial charge in [-0.1, -0.05) is 0 Å². The van der Waals surface area contributed by atoms with Crippen molar-refractivity contribution in [1.29, 1.82) is 0 Å². The van der Waals surface area contributed by atoms with E-state index >= 15 is 0 Å². The van der Waals surface area contributed by atoms with E-state index in [-0.39, 0.29) is 53.4 Å². The van der Waals surface area contributed by atoms with Crippen LogP contribution in [0.2, 0.25) is 0 Å². The van der Waals surface area contributed by atoms with Crippen molar-refractivity contribution in [2.75, 3.05) is 0 Å². The number of aliphatic carboxylic acids is 1. The summed E-state index contributed by atoms with van der Waals surface area (Å²) < 4.78 is 0. The van der Waals surface area contributed by atoms with E-state index in [2.05, 4.69) is 0 Å². The van der Waals surface area contributed by atoms with Crippen LogP contribution in [-0.2, 0) is 4.79 Å². The van der Waals surface area contributed by atoms with Crippen molar-refractivity contribution in [3.05, 3.63) is 0 Å². The molecule has 0 unspecified atom stereocenters. The van der Waals surface area contributed by atoms with E-state index in [4.69, 9.17) is 15.3 Å². The fourth-order valence-electron chi connectivity index (χ4n) is 0.575. The maximum atomic E-state index is 9.92. The molecule has 0 aliphatic carbocycles. The van der Waals surface area contributed by atoms with Crippen LogP contribution in [-0.4, -0.2) is 64.8 Å². The predicted molar refractivity (Wildman–Crippen MR) is 42.3 cm³/mol. The van der Waals surface area contributed by atoms with Crippen molar-refractivity contribution in [2.45, 2.75) is 32.0 Å². The first-order valence-corrected chi connectivity index (χ1v) is 3.08. The standard InChI is InChI=1S/C6H12O4.Ca.2H/c1-6(9,10)4-2-3-5(7)8;;;/h9-10H,2-4H2,1H3,(H,7,8);;;/q;+2;2*-1. The topological polar surface area (TPSA) is 77.8 Å². The van der Waals surface area contributed by atoms with Crippen molar-refractivity contribution < 1.29 is 23.0 Å². The first-order chi connectivity index (χ1) is 4.42.